The van der Waals surface area contributed by atoms with Crippen LogP contribution in [-0.4, -0.2) is 23.0 Å². The predicted octanol–water partition coefficient (Wildman–Crippen LogP) is 3.99. The first-order valence-electron chi connectivity index (χ1n) is 7.93. The summed E-state index contributed by atoms with van der Waals surface area (Å²) in [6.45, 7) is 0. The van der Waals surface area contributed by atoms with Gasteiger partial charge in [0.2, 0.25) is 0 Å². The number of amides is 1. The van der Waals surface area contributed by atoms with Gasteiger partial charge in [0.05, 0.1) is 10.6 Å². The van der Waals surface area contributed by atoms with E-state index in [1.54, 1.807) is 12.1 Å². The molecule has 4 nitrogen and oxygen atoms in total. The molecule has 2 N–H and O–H groups in total. The van der Waals surface area contributed by atoms with Crippen LogP contribution < -0.4 is 5.32 Å². The van der Waals surface area contributed by atoms with E-state index < -0.39 is 17.9 Å². The SMILES string of the molecule is O=C(NC(CC1CC1)C(=O)O)c1cc(-c2ccccc2)ccc1Cl. The first kappa shape index (κ1) is 16.5. The van der Waals surface area contributed by atoms with E-state index >= 15 is 0 Å². The molecule has 0 saturated heterocycles. The summed E-state index contributed by atoms with van der Waals surface area (Å²) in [4.78, 5) is 23.9. The van der Waals surface area contributed by atoms with E-state index in [9.17, 15) is 14.7 Å². The van der Waals surface area contributed by atoms with Crippen LogP contribution in [0, 0.1) is 5.92 Å². The second-order valence-electron chi connectivity index (χ2n) is 6.10. The van der Waals surface area contributed by atoms with Crippen molar-refractivity contribution >= 4 is 23.5 Å². The lowest BCUT2D eigenvalue weighted by molar-refractivity contribution is -0.139. The van der Waals surface area contributed by atoms with Crippen LogP contribution in [0.25, 0.3) is 11.1 Å². The maximum Gasteiger partial charge on any atom is 0.326 e. The van der Waals surface area contributed by atoms with Gasteiger partial charge in [-0.2, -0.15) is 0 Å². The molecule has 1 unspecified atom stereocenters. The highest BCUT2D eigenvalue weighted by Gasteiger charge is 2.30. The van der Waals surface area contributed by atoms with Gasteiger partial charge < -0.3 is 10.4 Å². The van der Waals surface area contributed by atoms with Gasteiger partial charge in [-0.3, -0.25) is 4.79 Å². The Hall–Kier alpha value is -2.33. The molecular weight excluding hydrogens is 326 g/mol. The van der Waals surface area contributed by atoms with Gasteiger partial charge >= 0.3 is 5.97 Å². The van der Waals surface area contributed by atoms with Gasteiger partial charge in [0.25, 0.3) is 5.91 Å². The van der Waals surface area contributed by atoms with Crippen LogP contribution in [0.1, 0.15) is 29.6 Å². The molecule has 1 atom stereocenters. The molecule has 0 spiro atoms. The fourth-order valence-corrected chi connectivity index (χ4v) is 2.86. The van der Waals surface area contributed by atoms with Crippen molar-refractivity contribution < 1.29 is 14.7 Å². The van der Waals surface area contributed by atoms with E-state index in [0.29, 0.717) is 22.9 Å². The molecule has 1 saturated carbocycles. The highest BCUT2D eigenvalue weighted by molar-refractivity contribution is 6.34. The second kappa shape index (κ2) is 7.05. The smallest absolute Gasteiger partial charge is 0.326 e. The lowest BCUT2D eigenvalue weighted by Crippen LogP contribution is -2.41. The lowest BCUT2D eigenvalue weighted by atomic mass is 10.0. The second-order valence-corrected chi connectivity index (χ2v) is 6.51. The molecule has 1 amide bonds. The Kier molecular flexibility index (Phi) is 4.86. The summed E-state index contributed by atoms with van der Waals surface area (Å²) in [5.74, 6) is -1.06. The molecule has 2 aromatic carbocycles. The fourth-order valence-electron chi connectivity index (χ4n) is 2.65. The molecule has 0 aliphatic heterocycles. The Balaban J connectivity index is 1.82. The number of carbonyl (C=O) groups excluding carboxylic acids is 1. The van der Waals surface area contributed by atoms with Crippen molar-refractivity contribution in [3.8, 4) is 11.1 Å². The first-order chi connectivity index (χ1) is 11.5. The van der Waals surface area contributed by atoms with Gasteiger partial charge in [-0.05, 0) is 35.6 Å². The normalized spacial score (nSPS) is 14.9. The Labute approximate surface area is 145 Å². The van der Waals surface area contributed by atoms with Gasteiger partial charge in [0.15, 0.2) is 0 Å². The van der Waals surface area contributed by atoms with Crippen molar-refractivity contribution in [2.24, 2.45) is 5.92 Å². The summed E-state index contributed by atoms with van der Waals surface area (Å²) in [6.07, 6.45) is 2.53. The monoisotopic (exact) mass is 343 g/mol. The Morgan fingerprint density at radius 2 is 1.83 bits per heavy atom. The van der Waals surface area contributed by atoms with Crippen molar-refractivity contribution in [3.05, 3.63) is 59.1 Å². The molecule has 0 bridgehead atoms. The number of hydrogen-bond acceptors (Lipinski definition) is 2. The molecule has 3 rings (SSSR count). The molecule has 5 heteroatoms. The fraction of sp³-hybridized carbons (Fsp3) is 0.263. The number of hydrogen-bond donors (Lipinski definition) is 2. The number of carboxylic acid groups (broad SMARTS) is 1. The van der Waals surface area contributed by atoms with E-state index in [-0.39, 0.29) is 0 Å². The third-order valence-electron chi connectivity index (χ3n) is 4.19. The van der Waals surface area contributed by atoms with Crippen LogP contribution in [-0.2, 0) is 4.79 Å². The van der Waals surface area contributed by atoms with Gasteiger partial charge in [-0.25, -0.2) is 4.79 Å². The van der Waals surface area contributed by atoms with Crippen LogP contribution in [0.4, 0.5) is 0 Å². The molecular formula is C19H18ClNO3. The van der Waals surface area contributed by atoms with Crippen molar-refractivity contribution in [3.63, 3.8) is 0 Å². The van der Waals surface area contributed by atoms with Gasteiger partial charge in [0.1, 0.15) is 6.04 Å². The maximum atomic E-state index is 12.5. The van der Waals surface area contributed by atoms with Crippen molar-refractivity contribution in [2.75, 3.05) is 0 Å². The van der Waals surface area contributed by atoms with E-state index in [1.165, 1.54) is 0 Å². The summed E-state index contributed by atoms with van der Waals surface area (Å²) >= 11 is 6.15. The largest absolute Gasteiger partial charge is 0.480 e. The van der Waals surface area contributed by atoms with E-state index in [0.717, 1.165) is 24.0 Å². The highest BCUT2D eigenvalue weighted by atomic mass is 35.5. The van der Waals surface area contributed by atoms with Crippen LogP contribution in [0.3, 0.4) is 0 Å². The summed E-state index contributed by atoms with van der Waals surface area (Å²) in [5.41, 5.74) is 2.12. The standard InChI is InChI=1S/C19H18ClNO3/c20-16-9-8-14(13-4-2-1-3-5-13)11-15(16)18(22)21-17(19(23)24)10-12-6-7-12/h1-5,8-9,11-12,17H,6-7,10H2,(H,21,22)(H,23,24). The minimum Gasteiger partial charge on any atom is -0.480 e. The average Bonchev–Trinajstić information content (AvgIpc) is 3.39. The quantitative estimate of drug-likeness (QED) is 0.833. The minimum atomic E-state index is -1.01. The van der Waals surface area contributed by atoms with Gasteiger partial charge in [0, 0.05) is 0 Å². The van der Waals surface area contributed by atoms with Crippen LogP contribution >= 0.6 is 11.6 Å². The third kappa shape index (κ3) is 3.95. The number of nitrogens with one attached hydrogen (secondary N) is 1. The zero-order chi connectivity index (χ0) is 17.1. The molecule has 1 aliphatic carbocycles. The average molecular weight is 344 g/mol. The van der Waals surface area contributed by atoms with E-state index in [4.69, 9.17) is 11.6 Å². The molecule has 1 fully saturated rings. The highest BCUT2D eigenvalue weighted by Crippen LogP contribution is 2.33. The van der Waals surface area contributed by atoms with Crippen LogP contribution in [0.5, 0.6) is 0 Å². The molecule has 2 aromatic rings. The Bertz CT molecular complexity index is 756. The van der Waals surface area contributed by atoms with Crippen LogP contribution in [0.15, 0.2) is 48.5 Å². The van der Waals surface area contributed by atoms with Crippen molar-refractivity contribution in [1.82, 2.24) is 5.32 Å². The summed E-state index contributed by atoms with van der Waals surface area (Å²) in [5, 5.41) is 12.2. The van der Waals surface area contributed by atoms with Crippen LogP contribution in [0.2, 0.25) is 5.02 Å². The molecule has 0 radical (unpaired) electrons. The number of carboxylic acids is 1. The van der Waals surface area contributed by atoms with Gasteiger partial charge in [-0.15, -0.1) is 0 Å². The number of benzene rings is 2. The number of carbonyl (C=O) groups is 2. The van der Waals surface area contributed by atoms with Gasteiger partial charge in [-0.1, -0.05) is 60.8 Å². The lowest BCUT2D eigenvalue weighted by Gasteiger charge is -2.15. The Morgan fingerprint density at radius 1 is 1.12 bits per heavy atom. The first-order valence-corrected chi connectivity index (χ1v) is 8.31. The third-order valence-corrected chi connectivity index (χ3v) is 4.52. The minimum absolute atomic E-state index is 0.292. The summed E-state index contributed by atoms with van der Waals surface area (Å²) in [6, 6.07) is 14.0. The van der Waals surface area contributed by atoms with Crippen molar-refractivity contribution in [2.45, 2.75) is 25.3 Å². The molecule has 0 aromatic heterocycles. The zero-order valence-electron chi connectivity index (χ0n) is 13.0. The summed E-state index contributed by atoms with van der Waals surface area (Å²) in [7, 11) is 0. The van der Waals surface area contributed by atoms with E-state index in [2.05, 4.69) is 5.32 Å². The molecule has 1 aliphatic rings. The van der Waals surface area contributed by atoms with E-state index in [1.807, 2.05) is 36.4 Å². The summed E-state index contributed by atoms with van der Waals surface area (Å²) < 4.78 is 0. The molecule has 0 heterocycles. The maximum absolute atomic E-state index is 12.5. The molecule has 24 heavy (non-hydrogen) atoms. The predicted molar refractivity (Wildman–Crippen MR) is 93.1 cm³/mol. The number of aliphatic carboxylic acids is 1. The number of rotatable bonds is 6. The Morgan fingerprint density at radius 3 is 2.46 bits per heavy atom. The molecule has 124 valence electrons. The number of halogens is 1. The zero-order valence-corrected chi connectivity index (χ0v) is 13.8. The van der Waals surface area contributed by atoms with Crippen molar-refractivity contribution in [1.29, 1.82) is 0 Å². The topological polar surface area (TPSA) is 66.4 Å².